The molecule has 0 saturated heterocycles. The molecule has 9 heteroatoms. The topological polar surface area (TPSA) is 110 Å². The van der Waals surface area contributed by atoms with E-state index in [9.17, 15) is 9.59 Å². The van der Waals surface area contributed by atoms with E-state index in [0.717, 1.165) is 0 Å². The van der Waals surface area contributed by atoms with Crippen molar-refractivity contribution in [2.24, 2.45) is 5.41 Å². The van der Waals surface area contributed by atoms with Crippen LogP contribution in [0.3, 0.4) is 0 Å². The van der Waals surface area contributed by atoms with E-state index in [1.807, 2.05) is 55.4 Å². The van der Waals surface area contributed by atoms with E-state index in [0.29, 0.717) is 22.9 Å². The maximum Gasteiger partial charge on any atom is 0.410 e. The molecular weight excluding hydrogens is 396 g/mol. The van der Waals surface area contributed by atoms with Gasteiger partial charge in [-0.1, -0.05) is 20.8 Å². The standard InChI is InChI=1S/C22H32N6O3/c1-14(2)28(20(30)31-22(6,7)8)13-17-24-26-18(27-25-17)15-9-11-16(12-10-15)23-19(29)21(3,4)5/h9-12,14H,13H2,1-8H3,(H,23,29). The van der Waals surface area contributed by atoms with E-state index < -0.39 is 17.1 Å². The van der Waals surface area contributed by atoms with Crippen LogP contribution in [0.5, 0.6) is 0 Å². The monoisotopic (exact) mass is 428 g/mol. The van der Waals surface area contributed by atoms with Crippen molar-refractivity contribution in [3.8, 4) is 11.4 Å². The second-order valence-corrected chi connectivity index (χ2v) is 9.62. The lowest BCUT2D eigenvalue weighted by Gasteiger charge is -2.29. The van der Waals surface area contributed by atoms with Crippen LogP contribution < -0.4 is 5.32 Å². The van der Waals surface area contributed by atoms with E-state index in [4.69, 9.17) is 4.74 Å². The van der Waals surface area contributed by atoms with Crippen LogP contribution in [0.4, 0.5) is 10.5 Å². The van der Waals surface area contributed by atoms with E-state index in [2.05, 4.69) is 25.7 Å². The fraction of sp³-hybridized carbons (Fsp3) is 0.545. The molecule has 1 aromatic heterocycles. The fourth-order valence-electron chi connectivity index (χ4n) is 2.38. The Morgan fingerprint density at radius 3 is 1.97 bits per heavy atom. The van der Waals surface area contributed by atoms with Gasteiger partial charge in [0.05, 0.1) is 6.54 Å². The normalized spacial score (nSPS) is 11.9. The lowest BCUT2D eigenvalue weighted by atomic mass is 9.95. The number of carbonyl (C=O) groups is 2. The lowest BCUT2D eigenvalue weighted by Crippen LogP contribution is -2.41. The van der Waals surface area contributed by atoms with Gasteiger partial charge in [0.25, 0.3) is 0 Å². The van der Waals surface area contributed by atoms with Crippen LogP contribution in [0, 0.1) is 5.41 Å². The Balaban J connectivity index is 2.09. The number of hydrogen-bond acceptors (Lipinski definition) is 7. The first kappa shape index (κ1) is 24.2. The average molecular weight is 429 g/mol. The van der Waals surface area contributed by atoms with Crippen molar-refractivity contribution in [1.29, 1.82) is 0 Å². The first-order chi connectivity index (χ1) is 14.3. The molecule has 0 spiro atoms. The average Bonchev–Trinajstić information content (AvgIpc) is 2.64. The number of nitrogens with one attached hydrogen (secondary N) is 1. The van der Waals surface area contributed by atoms with Crippen LogP contribution >= 0.6 is 0 Å². The predicted molar refractivity (Wildman–Crippen MR) is 118 cm³/mol. The first-order valence-corrected chi connectivity index (χ1v) is 10.2. The summed E-state index contributed by atoms with van der Waals surface area (Å²) in [6.07, 6.45) is -0.442. The zero-order valence-corrected chi connectivity index (χ0v) is 19.6. The van der Waals surface area contributed by atoms with E-state index >= 15 is 0 Å². The Morgan fingerprint density at radius 2 is 1.52 bits per heavy atom. The van der Waals surface area contributed by atoms with Gasteiger partial charge in [-0.2, -0.15) is 0 Å². The summed E-state index contributed by atoms with van der Waals surface area (Å²) in [5.74, 6) is 0.604. The molecule has 1 N–H and O–H groups in total. The molecule has 168 valence electrons. The third-order valence-electron chi connectivity index (χ3n) is 4.17. The fourth-order valence-corrected chi connectivity index (χ4v) is 2.38. The molecule has 2 rings (SSSR count). The maximum atomic E-state index is 12.4. The Hall–Kier alpha value is -3.10. The minimum absolute atomic E-state index is 0.0659. The van der Waals surface area contributed by atoms with E-state index in [1.165, 1.54) is 4.90 Å². The number of benzene rings is 1. The van der Waals surface area contributed by atoms with Crippen molar-refractivity contribution in [2.75, 3.05) is 5.32 Å². The number of amides is 2. The van der Waals surface area contributed by atoms with Crippen molar-refractivity contribution < 1.29 is 14.3 Å². The highest BCUT2D eigenvalue weighted by atomic mass is 16.6. The van der Waals surface area contributed by atoms with Gasteiger partial charge < -0.3 is 10.1 Å². The zero-order chi connectivity index (χ0) is 23.4. The third kappa shape index (κ3) is 7.27. The molecule has 2 aromatic rings. The maximum absolute atomic E-state index is 12.4. The number of carbonyl (C=O) groups excluding carboxylic acids is 2. The van der Waals surface area contributed by atoms with Crippen LogP contribution in [0.1, 0.15) is 61.2 Å². The molecule has 2 amide bonds. The lowest BCUT2D eigenvalue weighted by molar-refractivity contribution is -0.123. The van der Waals surface area contributed by atoms with Gasteiger partial charge in [0.1, 0.15) is 5.60 Å². The summed E-state index contributed by atoms with van der Waals surface area (Å²) in [6.45, 7) is 14.9. The van der Waals surface area contributed by atoms with Gasteiger partial charge >= 0.3 is 6.09 Å². The van der Waals surface area contributed by atoms with Gasteiger partial charge in [0.15, 0.2) is 5.82 Å². The van der Waals surface area contributed by atoms with Crippen molar-refractivity contribution in [3.05, 3.63) is 30.1 Å². The molecule has 1 aromatic carbocycles. The summed E-state index contributed by atoms with van der Waals surface area (Å²) in [4.78, 5) is 26.1. The van der Waals surface area contributed by atoms with Crippen molar-refractivity contribution in [2.45, 2.75) is 73.6 Å². The summed E-state index contributed by atoms with van der Waals surface area (Å²) >= 11 is 0. The number of anilines is 1. The molecule has 0 fully saturated rings. The molecule has 31 heavy (non-hydrogen) atoms. The summed E-state index contributed by atoms with van der Waals surface area (Å²) < 4.78 is 5.45. The molecule has 0 radical (unpaired) electrons. The quantitative estimate of drug-likeness (QED) is 0.764. The summed E-state index contributed by atoms with van der Waals surface area (Å²) in [6, 6.07) is 7.03. The predicted octanol–water partition coefficient (Wildman–Crippen LogP) is 4.06. The second-order valence-electron chi connectivity index (χ2n) is 9.62. The zero-order valence-electron chi connectivity index (χ0n) is 19.6. The minimum Gasteiger partial charge on any atom is -0.444 e. The Labute approximate surface area is 183 Å². The van der Waals surface area contributed by atoms with E-state index in [-0.39, 0.29) is 18.5 Å². The molecule has 0 unspecified atom stereocenters. The van der Waals surface area contributed by atoms with Crippen LogP contribution in [0.2, 0.25) is 0 Å². The molecule has 0 bridgehead atoms. The molecule has 1 heterocycles. The van der Waals surface area contributed by atoms with Crippen LogP contribution in [-0.4, -0.2) is 48.9 Å². The van der Waals surface area contributed by atoms with Gasteiger partial charge in [-0.3, -0.25) is 9.69 Å². The van der Waals surface area contributed by atoms with Crippen LogP contribution in [-0.2, 0) is 16.1 Å². The first-order valence-electron chi connectivity index (χ1n) is 10.2. The largest absolute Gasteiger partial charge is 0.444 e. The Morgan fingerprint density at radius 1 is 0.968 bits per heavy atom. The molecule has 0 aliphatic rings. The number of rotatable bonds is 5. The SMILES string of the molecule is CC(C)N(Cc1nnc(-c2ccc(NC(=O)C(C)(C)C)cc2)nn1)C(=O)OC(C)(C)C. The summed E-state index contributed by atoms with van der Waals surface area (Å²) in [5, 5.41) is 19.4. The van der Waals surface area contributed by atoms with Gasteiger partial charge in [0.2, 0.25) is 11.7 Å². The highest BCUT2D eigenvalue weighted by Gasteiger charge is 2.25. The molecule has 0 aliphatic carbocycles. The van der Waals surface area contributed by atoms with Gasteiger partial charge in [-0.05, 0) is 58.9 Å². The smallest absolute Gasteiger partial charge is 0.410 e. The highest BCUT2D eigenvalue weighted by molar-refractivity contribution is 5.94. The Bertz CT molecular complexity index is 897. The van der Waals surface area contributed by atoms with E-state index in [1.54, 1.807) is 24.3 Å². The van der Waals surface area contributed by atoms with Gasteiger partial charge in [-0.15, -0.1) is 20.4 Å². The van der Waals surface area contributed by atoms with Gasteiger partial charge in [0, 0.05) is 22.7 Å². The Kier molecular flexibility index (Phi) is 7.30. The second kappa shape index (κ2) is 9.36. The van der Waals surface area contributed by atoms with Crippen molar-refractivity contribution in [3.63, 3.8) is 0 Å². The van der Waals surface area contributed by atoms with Gasteiger partial charge in [-0.25, -0.2) is 4.79 Å². The molecule has 0 atom stereocenters. The number of hydrogen-bond donors (Lipinski definition) is 1. The van der Waals surface area contributed by atoms with Crippen molar-refractivity contribution in [1.82, 2.24) is 25.3 Å². The summed E-state index contributed by atoms with van der Waals surface area (Å²) in [5.41, 5.74) is 0.331. The van der Waals surface area contributed by atoms with Crippen LogP contribution in [0.15, 0.2) is 24.3 Å². The molecule has 9 nitrogen and oxygen atoms in total. The number of aromatic nitrogens is 4. The number of nitrogens with zero attached hydrogens (tertiary/aromatic N) is 5. The molecule has 0 saturated carbocycles. The van der Waals surface area contributed by atoms with Crippen LogP contribution in [0.25, 0.3) is 11.4 Å². The summed E-state index contributed by atoms with van der Waals surface area (Å²) in [7, 11) is 0. The molecular formula is C22H32N6O3. The minimum atomic E-state index is -0.593. The molecule has 0 aliphatic heterocycles. The highest BCUT2D eigenvalue weighted by Crippen LogP contribution is 2.20. The third-order valence-corrected chi connectivity index (χ3v) is 4.17. The number of ether oxygens (including phenoxy) is 1. The van der Waals surface area contributed by atoms with Crippen molar-refractivity contribution >= 4 is 17.7 Å².